The summed E-state index contributed by atoms with van der Waals surface area (Å²) in [5.41, 5.74) is 0.460. The highest BCUT2D eigenvalue weighted by atomic mass is 32.2. The van der Waals surface area contributed by atoms with E-state index in [2.05, 4.69) is 10.6 Å². The minimum absolute atomic E-state index is 0.0279. The summed E-state index contributed by atoms with van der Waals surface area (Å²) in [5, 5.41) is 5.66. The summed E-state index contributed by atoms with van der Waals surface area (Å²) >= 11 is 1.32. The first-order valence-electron chi connectivity index (χ1n) is 9.88. The standard InChI is InChI=1S/C20H30N2O4S2/c1-2-28(25,26)13-12-21-20(24)17-10-6-7-11-18(17)27-15-19(23)22-14-16-8-4-3-5-9-16/h6-7,10-11,16H,2-5,8-9,12-15H2,1H3,(H,21,24)(H,22,23). The molecule has 2 rings (SSSR count). The molecule has 8 heteroatoms. The minimum atomic E-state index is -3.12. The van der Waals surface area contributed by atoms with Gasteiger partial charge in [-0.25, -0.2) is 8.42 Å². The van der Waals surface area contributed by atoms with Gasteiger partial charge in [-0.05, 0) is 30.9 Å². The van der Waals surface area contributed by atoms with E-state index in [-0.39, 0.29) is 35.6 Å². The molecular weight excluding hydrogens is 396 g/mol. The van der Waals surface area contributed by atoms with E-state index >= 15 is 0 Å². The number of carbonyl (C=O) groups excluding carboxylic acids is 2. The predicted molar refractivity (Wildman–Crippen MR) is 113 cm³/mol. The number of hydrogen-bond acceptors (Lipinski definition) is 5. The average molecular weight is 427 g/mol. The van der Waals surface area contributed by atoms with Crippen molar-refractivity contribution in [2.24, 2.45) is 5.92 Å². The molecule has 1 aromatic carbocycles. The molecule has 2 amide bonds. The molecule has 0 saturated heterocycles. The first-order valence-corrected chi connectivity index (χ1v) is 12.7. The van der Waals surface area contributed by atoms with Crippen LogP contribution >= 0.6 is 11.8 Å². The van der Waals surface area contributed by atoms with Crippen LogP contribution < -0.4 is 10.6 Å². The van der Waals surface area contributed by atoms with Crippen LogP contribution in [0, 0.1) is 5.92 Å². The van der Waals surface area contributed by atoms with Crippen molar-refractivity contribution in [2.45, 2.75) is 43.9 Å². The summed E-state index contributed by atoms with van der Waals surface area (Å²) in [5.74, 6) is 0.470. The Bertz CT molecular complexity index is 759. The third-order valence-electron chi connectivity index (χ3n) is 4.94. The van der Waals surface area contributed by atoms with E-state index in [1.807, 2.05) is 6.07 Å². The average Bonchev–Trinajstić information content (AvgIpc) is 2.71. The van der Waals surface area contributed by atoms with E-state index in [0.29, 0.717) is 16.4 Å². The Morgan fingerprint density at radius 1 is 1.11 bits per heavy atom. The van der Waals surface area contributed by atoms with E-state index in [4.69, 9.17) is 0 Å². The molecule has 0 bridgehead atoms. The molecule has 0 radical (unpaired) electrons. The van der Waals surface area contributed by atoms with Crippen molar-refractivity contribution in [2.75, 3.05) is 30.3 Å². The van der Waals surface area contributed by atoms with Gasteiger partial charge in [-0.1, -0.05) is 38.3 Å². The van der Waals surface area contributed by atoms with Gasteiger partial charge < -0.3 is 10.6 Å². The first-order chi connectivity index (χ1) is 13.4. The van der Waals surface area contributed by atoms with E-state index in [9.17, 15) is 18.0 Å². The van der Waals surface area contributed by atoms with Crippen molar-refractivity contribution in [3.8, 4) is 0 Å². The van der Waals surface area contributed by atoms with Crippen LogP contribution in [-0.4, -0.2) is 50.6 Å². The summed E-state index contributed by atoms with van der Waals surface area (Å²) < 4.78 is 23.1. The summed E-state index contributed by atoms with van der Waals surface area (Å²) in [4.78, 5) is 25.3. The molecule has 28 heavy (non-hydrogen) atoms. The number of sulfone groups is 1. The van der Waals surface area contributed by atoms with Crippen LogP contribution in [0.3, 0.4) is 0 Å². The van der Waals surface area contributed by atoms with Gasteiger partial charge in [-0.15, -0.1) is 11.8 Å². The largest absolute Gasteiger partial charge is 0.355 e. The molecule has 1 aliphatic rings. The summed E-state index contributed by atoms with van der Waals surface area (Å²) in [7, 11) is -3.12. The molecule has 1 fully saturated rings. The van der Waals surface area contributed by atoms with Crippen molar-refractivity contribution in [1.82, 2.24) is 10.6 Å². The van der Waals surface area contributed by atoms with Crippen molar-refractivity contribution in [3.63, 3.8) is 0 Å². The van der Waals surface area contributed by atoms with Gasteiger partial charge in [-0.3, -0.25) is 9.59 Å². The number of carbonyl (C=O) groups is 2. The Balaban J connectivity index is 1.81. The Kier molecular flexibility index (Phi) is 9.31. The molecule has 0 atom stereocenters. The second-order valence-corrected chi connectivity index (χ2v) is 10.6. The van der Waals surface area contributed by atoms with Gasteiger partial charge >= 0.3 is 0 Å². The molecule has 2 N–H and O–H groups in total. The molecule has 1 aliphatic carbocycles. The van der Waals surface area contributed by atoms with Gasteiger partial charge in [0.2, 0.25) is 5.91 Å². The van der Waals surface area contributed by atoms with Crippen LogP contribution in [0.5, 0.6) is 0 Å². The van der Waals surface area contributed by atoms with Crippen molar-refractivity contribution in [1.29, 1.82) is 0 Å². The highest BCUT2D eigenvalue weighted by Gasteiger charge is 2.16. The van der Waals surface area contributed by atoms with Crippen LogP contribution in [0.4, 0.5) is 0 Å². The summed E-state index contributed by atoms with van der Waals surface area (Å²) in [6, 6.07) is 7.06. The normalized spacial score (nSPS) is 15.2. The van der Waals surface area contributed by atoms with Crippen LogP contribution in [0.25, 0.3) is 0 Å². The Hall–Kier alpha value is -1.54. The minimum Gasteiger partial charge on any atom is -0.355 e. The van der Waals surface area contributed by atoms with Crippen molar-refractivity contribution in [3.05, 3.63) is 29.8 Å². The van der Waals surface area contributed by atoms with E-state index in [1.54, 1.807) is 25.1 Å². The number of nitrogens with one attached hydrogen (secondary N) is 2. The molecular formula is C20H30N2O4S2. The predicted octanol–water partition coefficient (Wildman–Crippen LogP) is 2.64. The lowest BCUT2D eigenvalue weighted by molar-refractivity contribution is -0.118. The second kappa shape index (κ2) is 11.5. The zero-order chi connectivity index (χ0) is 20.4. The zero-order valence-electron chi connectivity index (χ0n) is 16.4. The molecule has 0 unspecified atom stereocenters. The third-order valence-corrected chi connectivity index (χ3v) is 7.72. The lowest BCUT2D eigenvalue weighted by Crippen LogP contribution is -2.31. The highest BCUT2D eigenvalue weighted by Crippen LogP contribution is 2.24. The number of thioether (sulfide) groups is 1. The lowest BCUT2D eigenvalue weighted by Gasteiger charge is -2.21. The van der Waals surface area contributed by atoms with Gasteiger partial charge in [-0.2, -0.15) is 0 Å². The SMILES string of the molecule is CCS(=O)(=O)CCNC(=O)c1ccccc1SCC(=O)NCC1CCCCC1. The fourth-order valence-corrected chi connectivity index (χ4v) is 4.76. The number of rotatable bonds is 10. The van der Waals surface area contributed by atoms with Gasteiger partial charge in [0.1, 0.15) is 0 Å². The van der Waals surface area contributed by atoms with Crippen LogP contribution in [-0.2, 0) is 14.6 Å². The maximum Gasteiger partial charge on any atom is 0.252 e. The fourth-order valence-electron chi connectivity index (χ4n) is 3.18. The second-order valence-electron chi connectivity index (χ2n) is 7.09. The van der Waals surface area contributed by atoms with Gasteiger partial charge in [0.25, 0.3) is 5.91 Å². The van der Waals surface area contributed by atoms with Gasteiger partial charge in [0.05, 0.1) is 17.1 Å². The maximum absolute atomic E-state index is 12.4. The quantitative estimate of drug-likeness (QED) is 0.561. The molecule has 0 aromatic heterocycles. The smallest absolute Gasteiger partial charge is 0.252 e. The van der Waals surface area contributed by atoms with Crippen LogP contribution in [0.2, 0.25) is 0 Å². The molecule has 1 saturated carbocycles. The highest BCUT2D eigenvalue weighted by molar-refractivity contribution is 8.00. The molecule has 156 valence electrons. The Morgan fingerprint density at radius 2 is 1.82 bits per heavy atom. The van der Waals surface area contributed by atoms with Gasteiger partial charge in [0, 0.05) is 23.7 Å². The first kappa shape index (κ1) is 22.7. The number of hydrogen-bond donors (Lipinski definition) is 2. The maximum atomic E-state index is 12.4. The Morgan fingerprint density at radius 3 is 2.54 bits per heavy atom. The van der Waals surface area contributed by atoms with E-state index in [0.717, 1.165) is 6.54 Å². The van der Waals surface area contributed by atoms with Crippen LogP contribution in [0.15, 0.2) is 29.2 Å². The topological polar surface area (TPSA) is 92.3 Å². The molecule has 6 nitrogen and oxygen atoms in total. The summed E-state index contributed by atoms with van der Waals surface area (Å²) in [6.07, 6.45) is 6.16. The summed E-state index contributed by atoms with van der Waals surface area (Å²) in [6.45, 7) is 2.39. The van der Waals surface area contributed by atoms with Gasteiger partial charge in [0.15, 0.2) is 9.84 Å². The monoisotopic (exact) mass is 426 g/mol. The number of benzene rings is 1. The van der Waals surface area contributed by atoms with E-state index in [1.165, 1.54) is 43.9 Å². The lowest BCUT2D eigenvalue weighted by atomic mass is 9.89. The Labute approximate surface area is 172 Å². The van der Waals surface area contributed by atoms with Crippen molar-refractivity contribution >= 4 is 33.4 Å². The molecule has 0 aliphatic heterocycles. The van der Waals surface area contributed by atoms with Crippen LogP contribution in [0.1, 0.15) is 49.4 Å². The fraction of sp³-hybridized carbons (Fsp3) is 0.600. The molecule has 0 spiro atoms. The molecule has 0 heterocycles. The van der Waals surface area contributed by atoms with E-state index < -0.39 is 9.84 Å². The van der Waals surface area contributed by atoms with Crippen molar-refractivity contribution < 1.29 is 18.0 Å². The third kappa shape index (κ3) is 7.83. The zero-order valence-corrected chi connectivity index (χ0v) is 18.0. The number of amides is 2. The molecule has 1 aromatic rings.